The van der Waals surface area contributed by atoms with Crippen molar-refractivity contribution in [3.63, 3.8) is 0 Å². The van der Waals surface area contributed by atoms with Gasteiger partial charge >= 0.3 is 0 Å². The van der Waals surface area contributed by atoms with Gasteiger partial charge in [0.2, 0.25) is 5.91 Å². The summed E-state index contributed by atoms with van der Waals surface area (Å²) in [5, 5.41) is 54.2. The summed E-state index contributed by atoms with van der Waals surface area (Å²) >= 11 is 0. The Morgan fingerprint density at radius 3 is 1.43 bits per heavy atom. The van der Waals surface area contributed by atoms with Crippen molar-refractivity contribution >= 4 is 5.91 Å². The second kappa shape index (κ2) is 47.1. The van der Waals surface area contributed by atoms with Crippen molar-refractivity contribution in [2.45, 2.75) is 262 Å². The highest BCUT2D eigenvalue weighted by Gasteiger charge is 2.44. The van der Waals surface area contributed by atoms with Crippen molar-refractivity contribution in [2.24, 2.45) is 0 Å². The van der Waals surface area contributed by atoms with Crippen molar-refractivity contribution in [1.29, 1.82) is 0 Å². The van der Waals surface area contributed by atoms with Gasteiger partial charge in [-0.15, -0.1) is 0 Å². The van der Waals surface area contributed by atoms with Gasteiger partial charge in [0.15, 0.2) is 6.29 Å². The molecule has 0 radical (unpaired) electrons. The SMILES string of the molecule is CC/C=C\C/C=C\C/C=C\C/C=C\C/C=C\CCCCCCCCCCCCCCCCCCCC(=O)NC(COC1OC(CO)C(O)C(O)C1O)C(O)/C=C/CC/C=C/CCCCCCC. The third kappa shape index (κ3) is 36.9. The van der Waals surface area contributed by atoms with Crippen LogP contribution in [0, 0.1) is 0 Å². The van der Waals surface area contributed by atoms with Gasteiger partial charge in [-0.3, -0.25) is 4.79 Å². The summed E-state index contributed by atoms with van der Waals surface area (Å²) in [7, 11) is 0. The lowest BCUT2D eigenvalue weighted by atomic mass is 9.99. The second-order valence-corrected chi connectivity index (χ2v) is 18.6. The summed E-state index contributed by atoms with van der Waals surface area (Å²) in [5.41, 5.74) is 0. The van der Waals surface area contributed by atoms with E-state index in [-0.39, 0.29) is 12.5 Å². The number of hydrogen-bond donors (Lipinski definition) is 6. The molecule has 1 heterocycles. The first-order chi connectivity index (χ1) is 32.8. The van der Waals surface area contributed by atoms with Crippen LogP contribution < -0.4 is 5.32 Å². The van der Waals surface area contributed by atoms with E-state index in [1.54, 1.807) is 6.08 Å². The number of allylic oxidation sites excluding steroid dienone is 13. The number of aliphatic hydroxyl groups is 5. The number of rotatable bonds is 45. The minimum absolute atomic E-state index is 0.190. The molecule has 0 aromatic heterocycles. The van der Waals surface area contributed by atoms with Crippen molar-refractivity contribution in [3.8, 4) is 0 Å². The second-order valence-electron chi connectivity index (χ2n) is 18.6. The highest BCUT2D eigenvalue weighted by Crippen LogP contribution is 2.23. The predicted molar refractivity (Wildman–Crippen MR) is 281 cm³/mol. The lowest BCUT2D eigenvalue weighted by Gasteiger charge is -2.40. The van der Waals surface area contributed by atoms with Crippen LogP contribution in [0.3, 0.4) is 0 Å². The van der Waals surface area contributed by atoms with Gasteiger partial charge in [0.05, 0.1) is 25.4 Å². The fourth-order valence-electron chi connectivity index (χ4n) is 8.14. The predicted octanol–water partition coefficient (Wildman–Crippen LogP) is 13.1. The topological polar surface area (TPSA) is 149 Å². The van der Waals surface area contributed by atoms with E-state index in [9.17, 15) is 30.3 Å². The summed E-state index contributed by atoms with van der Waals surface area (Å²) in [6, 6.07) is -0.823. The van der Waals surface area contributed by atoms with Crippen LogP contribution in [0.1, 0.15) is 219 Å². The van der Waals surface area contributed by atoms with Crippen LogP contribution in [0.5, 0.6) is 0 Å². The summed E-state index contributed by atoms with van der Waals surface area (Å²) in [5.74, 6) is -0.190. The monoisotopic (exact) mass is 940 g/mol. The Hall–Kier alpha value is -2.63. The number of amides is 1. The molecule has 6 N–H and O–H groups in total. The summed E-state index contributed by atoms with van der Waals surface area (Å²) in [6.07, 6.45) is 59.5. The number of carbonyl (C=O) groups is 1. The van der Waals surface area contributed by atoms with Gasteiger partial charge < -0.3 is 40.3 Å². The molecule has 1 fully saturated rings. The van der Waals surface area contributed by atoms with Gasteiger partial charge in [-0.1, -0.05) is 221 Å². The summed E-state index contributed by atoms with van der Waals surface area (Å²) < 4.78 is 11.2. The van der Waals surface area contributed by atoms with E-state index in [1.807, 2.05) is 6.08 Å². The van der Waals surface area contributed by atoms with E-state index in [2.05, 4.69) is 92.1 Å². The first-order valence-electron chi connectivity index (χ1n) is 27.3. The molecule has 0 aromatic carbocycles. The molecule has 0 saturated carbocycles. The van der Waals surface area contributed by atoms with Crippen molar-refractivity contribution < 1.29 is 39.8 Å². The summed E-state index contributed by atoms with van der Waals surface area (Å²) in [6.45, 7) is 3.61. The molecule has 1 amide bonds. The zero-order valence-electron chi connectivity index (χ0n) is 42.6. The Morgan fingerprint density at radius 2 is 0.940 bits per heavy atom. The van der Waals surface area contributed by atoms with E-state index in [4.69, 9.17) is 9.47 Å². The van der Waals surface area contributed by atoms with E-state index < -0.39 is 49.5 Å². The third-order valence-corrected chi connectivity index (χ3v) is 12.5. The molecule has 0 aliphatic carbocycles. The molecule has 1 aliphatic heterocycles. The molecular formula is C58H101NO8. The quantitative estimate of drug-likeness (QED) is 0.0261. The smallest absolute Gasteiger partial charge is 0.220 e. The molecule has 7 unspecified atom stereocenters. The zero-order chi connectivity index (χ0) is 48.7. The molecule has 9 nitrogen and oxygen atoms in total. The van der Waals surface area contributed by atoms with E-state index >= 15 is 0 Å². The normalized spacial score (nSPS) is 20.4. The average molecular weight is 940 g/mol. The standard InChI is InChI=1S/C58H101NO8/c1-3-5-7-9-11-13-15-16-17-18-19-20-21-22-23-24-25-26-27-28-29-30-31-32-33-34-35-36-38-40-42-44-46-48-54(62)59-51(50-66-58-57(65)56(64)55(63)53(49-60)67-58)52(61)47-45-43-41-39-37-14-12-10-8-6-4-2/h5,7,11,13,16-17,19-20,22-23,37,39,45,47,51-53,55-58,60-61,63-65H,3-4,6,8-10,12,14-15,18,21,24-36,38,40-44,46,48-50H2,1-2H3,(H,59,62)/b7-5-,13-11-,17-16-,20-19-,23-22-,39-37+,47-45+. The Morgan fingerprint density at radius 1 is 0.522 bits per heavy atom. The molecular weight excluding hydrogens is 839 g/mol. The number of ether oxygens (including phenoxy) is 2. The lowest BCUT2D eigenvalue weighted by molar-refractivity contribution is -0.302. The summed E-state index contributed by atoms with van der Waals surface area (Å²) in [4.78, 5) is 13.0. The highest BCUT2D eigenvalue weighted by molar-refractivity contribution is 5.76. The maximum Gasteiger partial charge on any atom is 0.220 e. The van der Waals surface area contributed by atoms with Crippen LogP contribution in [0.15, 0.2) is 85.1 Å². The maximum absolute atomic E-state index is 13.0. The minimum atomic E-state index is -1.57. The van der Waals surface area contributed by atoms with Crippen LogP contribution in [0.4, 0.5) is 0 Å². The Kier molecular flexibility index (Phi) is 43.8. The Labute approximate surface area is 410 Å². The number of nitrogens with one attached hydrogen (secondary N) is 1. The molecule has 67 heavy (non-hydrogen) atoms. The molecule has 1 saturated heterocycles. The number of carbonyl (C=O) groups excluding carboxylic acids is 1. The van der Waals surface area contributed by atoms with Gasteiger partial charge in [0, 0.05) is 6.42 Å². The van der Waals surface area contributed by atoms with Crippen LogP contribution in [-0.4, -0.2) is 87.5 Å². The molecule has 1 aliphatic rings. The number of hydrogen-bond acceptors (Lipinski definition) is 8. The lowest BCUT2D eigenvalue weighted by Crippen LogP contribution is -2.60. The highest BCUT2D eigenvalue weighted by atomic mass is 16.7. The van der Waals surface area contributed by atoms with Gasteiger partial charge in [0.25, 0.3) is 0 Å². The fourth-order valence-corrected chi connectivity index (χ4v) is 8.14. The van der Waals surface area contributed by atoms with Gasteiger partial charge in [0.1, 0.15) is 24.4 Å². The number of unbranched alkanes of at least 4 members (excludes halogenated alkanes) is 23. The van der Waals surface area contributed by atoms with Crippen LogP contribution in [-0.2, 0) is 14.3 Å². The molecule has 386 valence electrons. The molecule has 0 bridgehead atoms. The first kappa shape index (κ1) is 62.4. The van der Waals surface area contributed by atoms with E-state index in [0.29, 0.717) is 6.42 Å². The average Bonchev–Trinajstić information content (AvgIpc) is 3.33. The fraction of sp³-hybridized carbons (Fsp3) is 0.741. The minimum Gasteiger partial charge on any atom is -0.394 e. The van der Waals surface area contributed by atoms with E-state index in [0.717, 1.165) is 70.6 Å². The van der Waals surface area contributed by atoms with Crippen LogP contribution in [0.25, 0.3) is 0 Å². The molecule has 7 atom stereocenters. The van der Waals surface area contributed by atoms with Gasteiger partial charge in [-0.25, -0.2) is 0 Å². The zero-order valence-corrected chi connectivity index (χ0v) is 42.6. The third-order valence-electron chi connectivity index (χ3n) is 12.5. The van der Waals surface area contributed by atoms with Crippen molar-refractivity contribution in [1.82, 2.24) is 5.32 Å². The van der Waals surface area contributed by atoms with Crippen molar-refractivity contribution in [3.05, 3.63) is 85.1 Å². The van der Waals surface area contributed by atoms with Gasteiger partial charge in [-0.2, -0.15) is 0 Å². The maximum atomic E-state index is 13.0. The van der Waals surface area contributed by atoms with Crippen LogP contribution >= 0.6 is 0 Å². The van der Waals surface area contributed by atoms with Crippen molar-refractivity contribution in [2.75, 3.05) is 13.2 Å². The van der Waals surface area contributed by atoms with Crippen LogP contribution in [0.2, 0.25) is 0 Å². The Bertz CT molecular complexity index is 1320. The van der Waals surface area contributed by atoms with Gasteiger partial charge in [-0.05, 0) is 77.0 Å². The Balaban J connectivity index is 2.13. The first-order valence-corrected chi connectivity index (χ1v) is 27.3. The molecule has 1 rings (SSSR count). The molecule has 0 spiro atoms. The van der Waals surface area contributed by atoms with E-state index in [1.165, 1.54) is 128 Å². The molecule has 0 aromatic rings. The number of aliphatic hydroxyl groups excluding tert-OH is 5. The largest absolute Gasteiger partial charge is 0.394 e. The molecule has 9 heteroatoms.